The standard InChI is InChI=1S/C21H25N3O3/c22-19(25)21(20(23)26,24-13-5-2-6-14-24)17-9-11-18(12-10-17)27-15-16-7-3-1-4-8-16/h1,3-4,7-12H,2,5-6,13-15H2,(H2,22,25)(H2,23,26). The first-order valence-corrected chi connectivity index (χ1v) is 9.17. The fourth-order valence-electron chi connectivity index (χ4n) is 3.66. The molecule has 4 N–H and O–H groups in total. The minimum atomic E-state index is -1.63. The van der Waals surface area contributed by atoms with Crippen molar-refractivity contribution in [2.24, 2.45) is 11.5 Å². The van der Waals surface area contributed by atoms with E-state index in [0.717, 1.165) is 24.8 Å². The van der Waals surface area contributed by atoms with E-state index in [2.05, 4.69) is 0 Å². The Balaban J connectivity index is 1.84. The van der Waals surface area contributed by atoms with Crippen LogP contribution < -0.4 is 16.2 Å². The molecule has 0 unspecified atom stereocenters. The Labute approximate surface area is 159 Å². The molecule has 27 heavy (non-hydrogen) atoms. The molecule has 0 saturated carbocycles. The van der Waals surface area contributed by atoms with Crippen LogP contribution in [0.1, 0.15) is 30.4 Å². The van der Waals surface area contributed by atoms with Crippen LogP contribution in [0.3, 0.4) is 0 Å². The van der Waals surface area contributed by atoms with E-state index < -0.39 is 17.4 Å². The van der Waals surface area contributed by atoms with E-state index in [1.165, 1.54) is 0 Å². The highest BCUT2D eigenvalue weighted by Crippen LogP contribution is 2.32. The van der Waals surface area contributed by atoms with E-state index >= 15 is 0 Å². The Morgan fingerprint density at radius 3 is 2.04 bits per heavy atom. The first-order chi connectivity index (χ1) is 13.0. The van der Waals surface area contributed by atoms with Crippen molar-refractivity contribution in [1.29, 1.82) is 0 Å². The van der Waals surface area contributed by atoms with Crippen LogP contribution in [0.25, 0.3) is 0 Å². The van der Waals surface area contributed by atoms with Crippen molar-refractivity contribution in [2.45, 2.75) is 31.4 Å². The van der Waals surface area contributed by atoms with E-state index in [1.54, 1.807) is 29.2 Å². The van der Waals surface area contributed by atoms with Gasteiger partial charge in [-0.05, 0) is 49.2 Å². The fraction of sp³-hybridized carbons (Fsp3) is 0.333. The second-order valence-electron chi connectivity index (χ2n) is 6.79. The van der Waals surface area contributed by atoms with Crippen molar-refractivity contribution in [2.75, 3.05) is 13.1 Å². The lowest BCUT2D eigenvalue weighted by molar-refractivity contribution is -0.144. The summed E-state index contributed by atoms with van der Waals surface area (Å²) in [5.41, 5.74) is 11.3. The van der Waals surface area contributed by atoms with Crippen LogP contribution in [0.15, 0.2) is 54.6 Å². The number of benzene rings is 2. The van der Waals surface area contributed by atoms with Gasteiger partial charge in [0.25, 0.3) is 11.8 Å². The van der Waals surface area contributed by atoms with Crippen molar-refractivity contribution in [3.05, 3.63) is 65.7 Å². The van der Waals surface area contributed by atoms with Gasteiger partial charge in [-0.1, -0.05) is 48.9 Å². The molecule has 3 rings (SSSR count). The van der Waals surface area contributed by atoms with Crippen LogP contribution in [0.5, 0.6) is 5.75 Å². The van der Waals surface area contributed by atoms with E-state index in [9.17, 15) is 9.59 Å². The molecule has 1 saturated heterocycles. The molecule has 0 aromatic heterocycles. The lowest BCUT2D eigenvalue weighted by atomic mass is 9.84. The largest absolute Gasteiger partial charge is 0.489 e. The number of primary amides is 2. The molecule has 2 aromatic rings. The van der Waals surface area contributed by atoms with Crippen LogP contribution in [0.2, 0.25) is 0 Å². The van der Waals surface area contributed by atoms with Gasteiger partial charge in [0.1, 0.15) is 12.4 Å². The van der Waals surface area contributed by atoms with Gasteiger partial charge >= 0.3 is 0 Å². The van der Waals surface area contributed by atoms with Gasteiger partial charge in [-0.25, -0.2) is 0 Å². The van der Waals surface area contributed by atoms with Gasteiger partial charge in [-0.3, -0.25) is 14.5 Å². The van der Waals surface area contributed by atoms with E-state index in [-0.39, 0.29) is 0 Å². The van der Waals surface area contributed by atoms with Crippen LogP contribution in [-0.2, 0) is 21.7 Å². The third kappa shape index (κ3) is 3.80. The van der Waals surface area contributed by atoms with Gasteiger partial charge in [-0.2, -0.15) is 0 Å². The lowest BCUT2D eigenvalue weighted by Crippen LogP contribution is -2.63. The van der Waals surface area contributed by atoms with Crippen molar-refractivity contribution >= 4 is 11.8 Å². The molecule has 0 aliphatic carbocycles. The molecular weight excluding hydrogens is 342 g/mol. The molecule has 6 nitrogen and oxygen atoms in total. The second-order valence-corrected chi connectivity index (χ2v) is 6.79. The molecule has 0 radical (unpaired) electrons. The van der Waals surface area contributed by atoms with Gasteiger partial charge in [-0.15, -0.1) is 0 Å². The number of carbonyl (C=O) groups is 2. The molecular formula is C21H25N3O3. The summed E-state index contributed by atoms with van der Waals surface area (Å²) in [5.74, 6) is -0.839. The molecule has 0 atom stereocenters. The number of likely N-dealkylation sites (tertiary alicyclic amines) is 1. The summed E-state index contributed by atoms with van der Waals surface area (Å²) in [5, 5.41) is 0. The van der Waals surface area contributed by atoms with Crippen LogP contribution >= 0.6 is 0 Å². The van der Waals surface area contributed by atoms with Crippen LogP contribution in [0.4, 0.5) is 0 Å². The maximum Gasteiger partial charge on any atom is 0.252 e. The molecule has 2 amide bonds. The van der Waals surface area contributed by atoms with Gasteiger partial charge in [0.15, 0.2) is 0 Å². The Morgan fingerprint density at radius 1 is 0.889 bits per heavy atom. The van der Waals surface area contributed by atoms with Crippen molar-refractivity contribution in [3.8, 4) is 5.75 Å². The smallest absolute Gasteiger partial charge is 0.252 e. The summed E-state index contributed by atoms with van der Waals surface area (Å²) in [6.07, 6.45) is 2.87. The first-order valence-electron chi connectivity index (χ1n) is 9.17. The molecule has 6 heteroatoms. The molecule has 1 heterocycles. The SMILES string of the molecule is NC(=O)C(C(N)=O)(c1ccc(OCc2ccccc2)cc1)N1CCCCC1. The number of rotatable bonds is 7. The molecule has 1 fully saturated rings. The Kier molecular flexibility index (Phi) is 5.76. The minimum absolute atomic E-state index is 0.434. The summed E-state index contributed by atoms with van der Waals surface area (Å²) in [4.78, 5) is 26.6. The number of piperidine rings is 1. The first kappa shape index (κ1) is 18.9. The molecule has 0 spiro atoms. The highest BCUT2D eigenvalue weighted by Gasteiger charge is 2.50. The monoisotopic (exact) mass is 367 g/mol. The zero-order chi connectivity index (χ0) is 19.3. The maximum absolute atomic E-state index is 12.4. The Hall–Kier alpha value is -2.86. The number of hydrogen-bond donors (Lipinski definition) is 2. The summed E-state index contributed by atoms with van der Waals surface area (Å²) in [7, 11) is 0. The maximum atomic E-state index is 12.4. The Morgan fingerprint density at radius 2 is 1.48 bits per heavy atom. The number of carbonyl (C=O) groups excluding carboxylic acids is 2. The predicted molar refractivity (Wildman–Crippen MR) is 103 cm³/mol. The highest BCUT2D eigenvalue weighted by molar-refractivity contribution is 6.09. The van der Waals surface area contributed by atoms with E-state index in [0.29, 0.717) is 31.0 Å². The fourth-order valence-corrected chi connectivity index (χ4v) is 3.66. The summed E-state index contributed by atoms with van der Waals surface area (Å²) in [6.45, 7) is 1.65. The van der Waals surface area contributed by atoms with Crippen molar-refractivity contribution in [3.63, 3.8) is 0 Å². The van der Waals surface area contributed by atoms with Gasteiger partial charge in [0, 0.05) is 0 Å². The third-order valence-corrected chi connectivity index (χ3v) is 5.06. The van der Waals surface area contributed by atoms with Gasteiger partial charge in [0.2, 0.25) is 5.54 Å². The van der Waals surface area contributed by atoms with Gasteiger partial charge in [0.05, 0.1) is 0 Å². The van der Waals surface area contributed by atoms with Crippen LogP contribution in [-0.4, -0.2) is 29.8 Å². The highest BCUT2D eigenvalue weighted by atomic mass is 16.5. The summed E-state index contributed by atoms with van der Waals surface area (Å²) >= 11 is 0. The van der Waals surface area contributed by atoms with E-state index in [4.69, 9.17) is 16.2 Å². The van der Waals surface area contributed by atoms with Gasteiger partial charge < -0.3 is 16.2 Å². The minimum Gasteiger partial charge on any atom is -0.489 e. The predicted octanol–water partition coefficient (Wildman–Crippen LogP) is 1.92. The molecule has 1 aliphatic heterocycles. The number of hydrogen-bond acceptors (Lipinski definition) is 4. The molecule has 1 aliphatic rings. The average molecular weight is 367 g/mol. The number of nitrogens with zero attached hydrogens (tertiary/aromatic N) is 1. The number of nitrogens with two attached hydrogens (primary N) is 2. The number of amides is 2. The third-order valence-electron chi connectivity index (χ3n) is 5.06. The molecule has 142 valence electrons. The second kappa shape index (κ2) is 8.22. The summed E-state index contributed by atoms with van der Waals surface area (Å²) < 4.78 is 5.78. The van der Waals surface area contributed by atoms with Crippen molar-refractivity contribution < 1.29 is 14.3 Å². The Bertz CT molecular complexity index is 770. The molecule has 2 aromatic carbocycles. The number of ether oxygens (including phenoxy) is 1. The summed E-state index contributed by atoms with van der Waals surface area (Å²) in [6, 6.07) is 16.7. The van der Waals surface area contributed by atoms with Crippen molar-refractivity contribution in [1.82, 2.24) is 4.90 Å². The zero-order valence-electron chi connectivity index (χ0n) is 15.3. The lowest BCUT2D eigenvalue weighted by Gasteiger charge is -2.41. The normalized spacial score (nSPS) is 15.3. The quantitative estimate of drug-likeness (QED) is 0.730. The molecule has 0 bridgehead atoms. The van der Waals surface area contributed by atoms with Crippen LogP contribution in [0, 0.1) is 0 Å². The average Bonchev–Trinajstić information content (AvgIpc) is 2.69. The topological polar surface area (TPSA) is 98.7 Å². The van der Waals surface area contributed by atoms with E-state index in [1.807, 2.05) is 30.3 Å². The zero-order valence-corrected chi connectivity index (χ0v) is 15.3.